The highest BCUT2D eigenvalue weighted by atomic mass is 16.6. The van der Waals surface area contributed by atoms with E-state index < -0.39 is 16.6 Å². The van der Waals surface area contributed by atoms with E-state index in [2.05, 4.69) is 4.90 Å². The summed E-state index contributed by atoms with van der Waals surface area (Å²) in [4.78, 5) is 16.4. The second-order valence-corrected chi connectivity index (χ2v) is 8.90. The zero-order chi connectivity index (χ0) is 17.6. The van der Waals surface area contributed by atoms with Gasteiger partial charge in [-0.25, -0.2) is 4.79 Å². The number of hydrogen-bond acceptors (Lipinski definition) is 5. The van der Waals surface area contributed by atoms with E-state index in [0.29, 0.717) is 18.9 Å². The van der Waals surface area contributed by atoms with E-state index in [1.54, 1.807) is 4.90 Å². The van der Waals surface area contributed by atoms with E-state index in [0.717, 1.165) is 38.9 Å². The van der Waals surface area contributed by atoms with Crippen molar-refractivity contribution in [1.29, 1.82) is 0 Å². The Hall–Kier alpha value is -0.850. The number of ether oxygens (including phenoxy) is 1. The van der Waals surface area contributed by atoms with Crippen molar-refractivity contribution < 1.29 is 19.7 Å². The van der Waals surface area contributed by atoms with Gasteiger partial charge in [0.05, 0.1) is 18.8 Å². The average molecular weight is 340 g/mol. The predicted octanol–water partition coefficient (Wildman–Crippen LogP) is 1.45. The zero-order valence-electron chi connectivity index (χ0n) is 15.3. The lowest BCUT2D eigenvalue weighted by Crippen LogP contribution is -2.70. The maximum atomic E-state index is 12.5. The molecule has 0 radical (unpaired) electrons. The summed E-state index contributed by atoms with van der Waals surface area (Å²) in [6, 6.07) is 0. The predicted molar refractivity (Wildman–Crippen MR) is 90.7 cm³/mol. The molecule has 24 heavy (non-hydrogen) atoms. The number of amides is 1. The fraction of sp³-hybridized carbons (Fsp3) is 0.944. The van der Waals surface area contributed by atoms with Crippen molar-refractivity contribution in [2.45, 2.75) is 57.7 Å². The second-order valence-electron chi connectivity index (χ2n) is 8.90. The van der Waals surface area contributed by atoms with Gasteiger partial charge in [-0.15, -0.1) is 0 Å². The van der Waals surface area contributed by atoms with E-state index in [1.807, 2.05) is 20.8 Å². The first-order chi connectivity index (χ1) is 11.2. The molecule has 4 fully saturated rings. The lowest BCUT2D eigenvalue weighted by Gasteiger charge is -2.61. The molecule has 4 saturated heterocycles. The molecule has 0 spiro atoms. The second kappa shape index (κ2) is 6.15. The van der Waals surface area contributed by atoms with Crippen LogP contribution >= 0.6 is 0 Å². The fourth-order valence-electron chi connectivity index (χ4n) is 4.95. The van der Waals surface area contributed by atoms with Gasteiger partial charge in [0.15, 0.2) is 0 Å². The van der Waals surface area contributed by atoms with Gasteiger partial charge in [0.2, 0.25) is 0 Å². The largest absolute Gasteiger partial charge is 0.444 e. The molecule has 2 atom stereocenters. The van der Waals surface area contributed by atoms with Crippen LogP contribution in [0.1, 0.15) is 46.5 Å². The smallest absolute Gasteiger partial charge is 0.410 e. The van der Waals surface area contributed by atoms with Crippen molar-refractivity contribution in [3.63, 3.8) is 0 Å². The first-order valence-electron chi connectivity index (χ1n) is 9.23. The van der Waals surface area contributed by atoms with Crippen LogP contribution in [0.15, 0.2) is 0 Å². The molecule has 0 saturated carbocycles. The molecule has 2 N–H and O–H groups in total. The minimum atomic E-state index is -1.04. The van der Waals surface area contributed by atoms with Gasteiger partial charge in [-0.2, -0.15) is 0 Å². The maximum absolute atomic E-state index is 12.5. The summed E-state index contributed by atoms with van der Waals surface area (Å²) in [5.74, 6) is 0.330. The van der Waals surface area contributed by atoms with E-state index in [-0.39, 0.29) is 19.2 Å². The number of likely N-dealkylation sites (tertiary alicyclic amines) is 1. The molecule has 138 valence electrons. The topological polar surface area (TPSA) is 73.2 Å². The summed E-state index contributed by atoms with van der Waals surface area (Å²) in [5, 5.41) is 21.8. The van der Waals surface area contributed by atoms with E-state index in [4.69, 9.17) is 4.74 Å². The van der Waals surface area contributed by atoms with Crippen molar-refractivity contribution in [3.8, 4) is 0 Å². The molecular weight excluding hydrogens is 308 g/mol. The van der Waals surface area contributed by atoms with Crippen LogP contribution in [0.5, 0.6) is 0 Å². The highest BCUT2D eigenvalue weighted by Gasteiger charge is 2.59. The monoisotopic (exact) mass is 340 g/mol. The van der Waals surface area contributed by atoms with Crippen LogP contribution in [0.3, 0.4) is 0 Å². The van der Waals surface area contributed by atoms with Gasteiger partial charge < -0.3 is 24.7 Å². The quantitative estimate of drug-likeness (QED) is 0.796. The molecule has 6 nitrogen and oxygen atoms in total. The first kappa shape index (κ1) is 18.0. The van der Waals surface area contributed by atoms with Crippen molar-refractivity contribution in [1.82, 2.24) is 9.80 Å². The number of hydrogen-bond donors (Lipinski definition) is 2. The van der Waals surface area contributed by atoms with Crippen LogP contribution < -0.4 is 0 Å². The zero-order valence-corrected chi connectivity index (χ0v) is 15.3. The van der Waals surface area contributed by atoms with Gasteiger partial charge in [0.1, 0.15) is 5.60 Å². The Morgan fingerprint density at radius 1 is 1.21 bits per heavy atom. The van der Waals surface area contributed by atoms with Gasteiger partial charge in [-0.05, 0) is 65.5 Å². The minimum Gasteiger partial charge on any atom is -0.444 e. The summed E-state index contributed by atoms with van der Waals surface area (Å²) in [5.41, 5.74) is -2.11. The molecule has 1 amide bonds. The van der Waals surface area contributed by atoms with Crippen LogP contribution in [0, 0.1) is 11.3 Å². The van der Waals surface area contributed by atoms with Crippen molar-refractivity contribution in [2.24, 2.45) is 11.3 Å². The Bertz CT molecular complexity index is 484. The Morgan fingerprint density at radius 3 is 2.38 bits per heavy atom. The highest BCUT2D eigenvalue weighted by Crippen LogP contribution is 2.51. The summed E-state index contributed by atoms with van der Waals surface area (Å²) in [7, 11) is 0. The van der Waals surface area contributed by atoms with Crippen molar-refractivity contribution in [3.05, 3.63) is 0 Å². The Balaban J connectivity index is 1.80. The third-order valence-electron chi connectivity index (χ3n) is 6.21. The van der Waals surface area contributed by atoms with Gasteiger partial charge >= 0.3 is 6.09 Å². The molecule has 0 aromatic heterocycles. The molecule has 0 aromatic rings. The number of fused-ring (bicyclic) bond motifs is 3. The van der Waals surface area contributed by atoms with Crippen LogP contribution in [0.2, 0.25) is 0 Å². The lowest BCUT2D eigenvalue weighted by atomic mass is 9.56. The van der Waals surface area contributed by atoms with Crippen LogP contribution in [-0.2, 0) is 4.74 Å². The molecule has 4 heterocycles. The Kier molecular flexibility index (Phi) is 4.60. The molecule has 4 rings (SSSR count). The molecule has 6 heteroatoms. The molecule has 0 aromatic carbocycles. The minimum absolute atomic E-state index is 0.0210. The first-order valence-corrected chi connectivity index (χ1v) is 9.23. The molecule has 4 aliphatic heterocycles. The van der Waals surface area contributed by atoms with Crippen molar-refractivity contribution in [2.75, 3.05) is 39.3 Å². The van der Waals surface area contributed by atoms with Crippen LogP contribution in [0.25, 0.3) is 0 Å². The lowest BCUT2D eigenvalue weighted by molar-refractivity contribution is -0.206. The van der Waals surface area contributed by atoms with E-state index in [9.17, 15) is 15.0 Å². The third kappa shape index (κ3) is 3.04. The summed E-state index contributed by atoms with van der Waals surface area (Å²) < 4.78 is 5.49. The summed E-state index contributed by atoms with van der Waals surface area (Å²) in [6.45, 7) is 9.23. The maximum Gasteiger partial charge on any atom is 0.410 e. The molecule has 2 bridgehead atoms. The van der Waals surface area contributed by atoms with E-state index >= 15 is 0 Å². The number of β-amino-alcohol motifs (C(OH)–C–C–N with tert-alkyl or cyclic N) is 1. The van der Waals surface area contributed by atoms with Crippen molar-refractivity contribution >= 4 is 6.09 Å². The molecule has 2 unspecified atom stereocenters. The van der Waals surface area contributed by atoms with Gasteiger partial charge in [-0.3, -0.25) is 0 Å². The number of aliphatic hydroxyl groups is 2. The Morgan fingerprint density at radius 2 is 1.88 bits per heavy atom. The highest BCUT2D eigenvalue weighted by molar-refractivity contribution is 5.68. The number of piperidine rings is 4. The number of nitrogens with zero attached hydrogens (tertiary/aromatic N) is 2. The summed E-state index contributed by atoms with van der Waals surface area (Å²) >= 11 is 0. The SMILES string of the molecule is CC(C)(C)OC(=O)N1CCCC(O)(C2(CO)CN3CCC2CC3)C1. The fourth-order valence-corrected chi connectivity index (χ4v) is 4.95. The third-order valence-corrected chi connectivity index (χ3v) is 6.21. The van der Waals surface area contributed by atoms with Gasteiger partial charge in [0.25, 0.3) is 0 Å². The normalized spacial score (nSPS) is 39.8. The van der Waals surface area contributed by atoms with E-state index in [1.165, 1.54) is 0 Å². The number of carbonyl (C=O) groups is 1. The average Bonchev–Trinajstić information content (AvgIpc) is 2.54. The number of aliphatic hydroxyl groups excluding tert-OH is 1. The Labute approximate surface area is 144 Å². The molecule has 4 aliphatic rings. The number of rotatable bonds is 2. The van der Waals surface area contributed by atoms with Gasteiger partial charge in [0, 0.05) is 18.5 Å². The molecule has 0 aliphatic carbocycles. The van der Waals surface area contributed by atoms with Crippen LogP contribution in [0.4, 0.5) is 4.79 Å². The van der Waals surface area contributed by atoms with Gasteiger partial charge in [-0.1, -0.05) is 0 Å². The number of carbonyl (C=O) groups excluding carboxylic acids is 1. The molecular formula is C18H32N2O4. The summed E-state index contributed by atoms with van der Waals surface area (Å²) in [6.07, 6.45) is 3.06. The standard InChI is InChI=1S/C18H32N2O4/c1-16(2,3)24-15(22)20-8-4-7-18(23,12-20)17(13-21)11-19-9-5-14(17)6-10-19/h14,21,23H,4-13H2,1-3H3. The van der Waals surface area contributed by atoms with Crippen LogP contribution in [-0.4, -0.2) is 76.6 Å².